The van der Waals surface area contributed by atoms with E-state index in [0.29, 0.717) is 38.1 Å². The first-order valence-corrected chi connectivity index (χ1v) is 13.4. The van der Waals surface area contributed by atoms with Crippen molar-refractivity contribution >= 4 is 68.1 Å². The van der Waals surface area contributed by atoms with Crippen LogP contribution in [0.1, 0.15) is 15.9 Å². The highest BCUT2D eigenvalue weighted by atomic mass is 35.5. The topological polar surface area (TPSA) is 141 Å². The fraction of sp³-hybridized carbons (Fsp3) is 0.143. The van der Waals surface area contributed by atoms with Crippen molar-refractivity contribution in [2.75, 3.05) is 18.2 Å². The van der Waals surface area contributed by atoms with Crippen LogP contribution >= 0.6 is 35.0 Å². The van der Waals surface area contributed by atoms with Crippen LogP contribution in [0.5, 0.6) is 5.75 Å². The summed E-state index contributed by atoms with van der Waals surface area (Å²) in [6, 6.07) is 11.6. The molecule has 0 bridgehead atoms. The molecule has 0 saturated carbocycles. The number of carbonyl (C=O) groups excluding carboxylic acids is 1. The Labute approximate surface area is 209 Å². The summed E-state index contributed by atoms with van der Waals surface area (Å²) in [6.07, 6.45) is 3.81. The van der Waals surface area contributed by atoms with E-state index in [0.717, 1.165) is 17.4 Å². The van der Waals surface area contributed by atoms with Gasteiger partial charge in [-0.05, 0) is 30.5 Å². The van der Waals surface area contributed by atoms with Gasteiger partial charge in [0.2, 0.25) is 5.65 Å². The lowest BCUT2D eigenvalue weighted by Crippen LogP contribution is -2.07. The molecule has 34 heavy (non-hydrogen) atoms. The predicted molar refractivity (Wildman–Crippen MR) is 134 cm³/mol. The third-order valence-electron chi connectivity index (χ3n) is 4.47. The number of hydrogen-bond acceptors (Lipinski definition) is 9. The van der Waals surface area contributed by atoms with E-state index in [1.807, 2.05) is 18.4 Å². The Hall–Kier alpha value is -2.86. The SMILES string of the molecule is CS(=O)(=O)c1cccc(Cl)c1COc1cc(N)nc2n[nH]nc12.CSc1cccc(Cl)c1C=O. The summed E-state index contributed by atoms with van der Waals surface area (Å²) in [7, 11) is -3.44. The maximum Gasteiger partial charge on any atom is 0.207 e. The molecule has 0 amide bonds. The number of nitrogens with one attached hydrogen (secondary N) is 1. The van der Waals surface area contributed by atoms with E-state index in [-0.39, 0.29) is 17.3 Å². The Morgan fingerprint density at radius 3 is 2.50 bits per heavy atom. The van der Waals surface area contributed by atoms with Crippen LogP contribution in [-0.2, 0) is 16.4 Å². The van der Waals surface area contributed by atoms with Crippen molar-refractivity contribution in [1.29, 1.82) is 0 Å². The molecule has 0 aliphatic heterocycles. The molecule has 2 aromatic heterocycles. The van der Waals surface area contributed by atoms with Crippen LogP contribution in [0.4, 0.5) is 5.82 Å². The van der Waals surface area contributed by atoms with E-state index in [1.165, 1.54) is 23.9 Å². The van der Waals surface area contributed by atoms with Gasteiger partial charge in [-0.25, -0.2) is 13.4 Å². The summed E-state index contributed by atoms with van der Waals surface area (Å²) in [5.74, 6) is 0.546. The standard InChI is InChI=1S/C13H12ClN5O3S.C8H7ClOS/c1-23(20,21)10-4-2-3-8(14)7(10)6-22-9-5-11(15)16-13-12(9)17-19-18-13;1-11-8-4-2-3-7(9)6(8)5-10/h2-5H,6H2,1H3,(H3,15,16,17,18,19);2-5H,1H3. The summed E-state index contributed by atoms with van der Waals surface area (Å²) in [6.45, 7) is -0.0620. The first kappa shape index (κ1) is 25.8. The number of halogens is 2. The molecule has 9 nitrogen and oxygen atoms in total. The minimum absolute atomic E-state index is 0.0620. The summed E-state index contributed by atoms with van der Waals surface area (Å²) in [4.78, 5) is 15.5. The van der Waals surface area contributed by atoms with Gasteiger partial charge in [-0.3, -0.25) is 4.79 Å². The Balaban J connectivity index is 0.000000248. The molecule has 0 atom stereocenters. The summed E-state index contributed by atoms with van der Waals surface area (Å²) >= 11 is 13.4. The quantitative estimate of drug-likeness (QED) is 0.268. The number of aromatic nitrogens is 4. The normalized spacial score (nSPS) is 11.1. The van der Waals surface area contributed by atoms with Gasteiger partial charge in [0.05, 0.1) is 9.92 Å². The lowest BCUT2D eigenvalue weighted by molar-refractivity contribution is 0.112. The van der Waals surface area contributed by atoms with E-state index >= 15 is 0 Å². The number of sulfone groups is 1. The molecule has 0 aliphatic rings. The zero-order chi connectivity index (χ0) is 24.9. The van der Waals surface area contributed by atoms with Crippen molar-refractivity contribution in [1.82, 2.24) is 20.4 Å². The Kier molecular flexibility index (Phi) is 8.37. The molecule has 0 saturated heterocycles. The molecule has 0 spiro atoms. The third kappa shape index (κ3) is 5.98. The molecule has 2 heterocycles. The number of anilines is 1. The van der Waals surface area contributed by atoms with E-state index in [1.54, 1.807) is 18.2 Å². The third-order valence-corrected chi connectivity index (χ3v) is 7.14. The fourth-order valence-electron chi connectivity index (χ4n) is 2.92. The maximum atomic E-state index is 11.9. The zero-order valence-corrected chi connectivity index (χ0v) is 21.1. The van der Waals surface area contributed by atoms with Gasteiger partial charge >= 0.3 is 0 Å². The van der Waals surface area contributed by atoms with E-state index < -0.39 is 9.84 Å². The van der Waals surface area contributed by atoms with E-state index in [2.05, 4.69) is 20.4 Å². The lowest BCUT2D eigenvalue weighted by atomic mass is 10.2. The lowest BCUT2D eigenvalue weighted by Gasteiger charge is -2.12. The van der Waals surface area contributed by atoms with Crippen molar-refractivity contribution in [3.05, 3.63) is 63.6 Å². The van der Waals surface area contributed by atoms with Crippen LogP contribution in [0.25, 0.3) is 11.2 Å². The number of ether oxygens (including phenoxy) is 1. The number of carbonyl (C=O) groups is 1. The average Bonchev–Trinajstić information content (AvgIpc) is 3.26. The highest BCUT2D eigenvalue weighted by Crippen LogP contribution is 2.28. The van der Waals surface area contributed by atoms with Gasteiger partial charge in [0.25, 0.3) is 0 Å². The van der Waals surface area contributed by atoms with Gasteiger partial charge in [-0.2, -0.15) is 10.3 Å². The molecule has 3 N–H and O–H groups in total. The fourth-order valence-corrected chi connectivity index (χ4v) is 5.02. The highest BCUT2D eigenvalue weighted by Gasteiger charge is 2.18. The molecule has 0 aliphatic carbocycles. The number of benzene rings is 2. The van der Waals surface area contributed by atoms with Crippen LogP contribution in [0.15, 0.2) is 52.3 Å². The van der Waals surface area contributed by atoms with Crippen LogP contribution in [0, 0.1) is 0 Å². The van der Waals surface area contributed by atoms with Crippen LogP contribution < -0.4 is 10.5 Å². The number of H-pyrrole nitrogens is 1. The van der Waals surface area contributed by atoms with Gasteiger partial charge in [-0.15, -0.1) is 16.9 Å². The first-order valence-electron chi connectivity index (χ1n) is 9.50. The summed E-state index contributed by atoms with van der Waals surface area (Å²) < 4.78 is 29.4. The van der Waals surface area contributed by atoms with Crippen molar-refractivity contribution in [3.63, 3.8) is 0 Å². The van der Waals surface area contributed by atoms with Crippen molar-refractivity contribution in [3.8, 4) is 5.75 Å². The minimum Gasteiger partial charge on any atom is -0.486 e. The number of nitrogen functional groups attached to an aromatic ring is 1. The number of hydrogen-bond donors (Lipinski definition) is 2. The monoisotopic (exact) mass is 539 g/mol. The molecule has 4 aromatic rings. The Morgan fingerprint density at radius 2 is 1.85 bits per heavy atom. The number of nitrogens with zero attached hydrogens (tertiary/aromatic N) is 3. The Morgan fingerprint density at radius 1 is 1.15 bits per heavy atom. The molecule has 178 valence electrons. The number of fused-ring (bicyclic) bond motifs is 1. The van der Waals surface area contributed by atoms with Crippen molar-refractivity contribution in [2.24, 2.45) is 0 Å². The number of pyridine rings is 1. The van der Waals surface area contributed by atoms with Gasteiger partial charge in [0, 0.05) is 33.4 Å². The molecule has 0 unspecified atom stereocenters. The molecule has 13 heteroatoms. The zero-order valence-electron chi connectivity index (χ0n) is 18.0. The second-order valence-electron chi connectivity index (χ2n) is 6.79. The first-order chi connectivity index (χ1) is 16.2. The molecule has 0 fully saturated rings. The molecule has 4 rings (SSSR count). The molecule has 0 radical (unpaired) electrons. The van der Waals surface area contributed by atoms with Gasteiger partial charge in [0.15, 0.2) is 27.4 Å². The number of rotatable bonds is 6. The second kappa shape index (κ2) is 11.0. The minimum atomic E-state index is -3.44. The summed E-state index contributed by atoms with van der Waals surface area (Å²) in [5.41, 5.74) is 7.34. The maximum absolute atomic E-state index is 11.9. The van der Waals surface area contributed by atoms with E-state index in [9.17, 15) is 13.2 Å². The van der Waals surface area contributed by atoms with Crippen molar-refractivity contribution in [2.45, 2.75) is 16.4 Å². The number of aldehydes is 1. The van der Waals surface area contributed by atoms with Gasteiger partial charge in [-0.1, -0.05) is 35.3 Å². The van der Waals surface area contributed by atoms with Crippen LogP contribution in [-0.4, -0.2) is 47.6 Å². The Bertz CT molecular complexity index is 1440. The second-order valence-corrected chi connectivity index (χ2v) is 10.4. The predicted octanol–water partition coefficient (Wildman–Crippen LogP) is 4.45. The van der Waals surface area contributed by atoms with Crippen LogP contribution in [0.3, 0.4) is 0 Å². The highest BCUT2D eigenvalue weighted by molar-refractivity contribution is 7.98. The number of nitrogens with two attached hydrogens (primary N) is 1. The van der Waals surface area contributed by atoms with Crippen molar-refractivity contribution < 1.29 is 17.9 Å². The molecule has 2 aromatic carbocycles. The summed E-state index contributed by atoms with van der Waals surface area (Å²) in [5, 5.41) is 11.0. The van der Waals surface area contributed by atoms with Crippen LogP contribution in [0.2, 0.25) is 10.0 Å². The number of aromatic amines is 1. The largest absolute Gasteiger partial charge is 0.486 e. The smallest absolute Gasteiger partial charge is 0.207 e. The average molecular weight is 540 g/mol. The van der Waals surface area contributed by atoms with E-state index in [4.69, 9.17) is 33.7 Å². The van der Waals surface area contributed by atoms with Gasteiger partial charge in [0.1, 0.15) is 12.4 Å². The number of thioether (sulfide) groups is 1. The molecular weight excluding hydrogens is 521 g/mol. The van der Waals surface area contributed by atoms with Gasteiger partial charge < -0.3 is 10.5 Å². The molecular formula is C21H19Cl2N5O4S2.